The lowest BCUT2D eigenvalue weighted by Crippen LogP contribution is -2.46. The van der Waals surface area contributed by atoms with Crippen molar-refractivity contribution in [3.05, 3.63) is 24.3 Å². The Hall–Kier alpha value is -1.22. The first-order chi connectivity index (χ1) is 12.7. The normalized spacial score (nSPS) is 21.7. The van der Waals surface area contributed by atoms with Crippen molar-refractivity contribution in [1.29, 1.82) is 0 Å². The summed E-state index contributed by atoms with van der Waals surface area (Å²) >= 11 is 0. The predicted molar refractivity (Wildman–Crippen MR) is 124 cm³/mol. The van der Waals surface area contributed by atoms with E-state index in [1.807, 2.05) is 19.2 Å². The van der Waals surface area contributed by atoms with Crippen LogP contribution in [-0.4, -0.2) is 70.8 Å². The Bertz CT molecular complexity index is 604. The molecule has 27 heavy (non-hydrogen) atoms. The molecule has 6 nitrogen and oxygen atoms in total. The summed E-state index contributed by atoms with van der Waals surface area (Å²) in [6, 6.07) is 8.65. The third kappa shape index (κ3) is 6.14. The van der Waals surface area contributed by atoms with E-state index in [0.717, 1.165) is 43.7 Å². The molecule has 0 radical (unpaired) electrons. The Labute approximate surface area is 180 Å². The van der Waals surface area contributed by atoms with Gasteiger partial charge in [-0.25, -0.2) is 0 Å². The molecular formula is C20H34IN5O. The molecule has 2 aliphatic heterocycles. The third-order valence-corrected chi connectivity index (χ3v) is 5.57. The maximum Gasteiger partial charge on any atom is 0.191 e. The van der Waals surface area contributed by atoms with Gasteiger partial charge >= 0.3 is 0 Å². The molecule has 2 heterocycles. The highest BCUT2D eigenvalue weighted by molar-refractivity contribution is 14.0. The van der Waals surface area contributed by atoms with E-state index in [-0.39, 0.29) is 24.0 Å². The molecule has 1 unspecified atom stereocenters. The molecule has 1 atom stereocenters. The van der Waals surface area contributed by atoms with Gasteiger partial charge in [-0.15, -0.1) is 24.0 Å². The molecule has 2 saturated heterocycles. The van der Waals surface area contributed by atoms with E-state index >= 15 is 0 Å². The van der Waals surface area contributed by atoms with Gasteiger partial charge in [0.25, 0.3) is 0 Å². The summed E-state index contributed by atoms with van der Waals surface area (Å²) in [5.41, 5.74) is 1.17. The highest BCUT2D eigenvalue weighted by atomic mass is 127. The number of nitrogens with zero attached hydrogens (tertiary/aromatic N) is 3. The maximum atomic E-state index is 5.51. The molecule has 0 spiro atoms. The summed E-state index contributed by atoms with van der Waals surface area (Å²) in [6.45, 7) is 5.42. The lowest BCUT2D eigenvalue weighted by Gasteiger charge is -2.29. The van der Waals surface area contributed by atoms with Crippen molar-refractivity contribution in [2.24, 2.45) is 10.9 Å². The van der Waals surface area contributed by atoms with E-state index in [1.54, 1.807) is 7.11 Å². The van der Waals surface area contributed by atoms with Gasteiger partial charge in [0.05, 0.1) is 12.8 Å². The number of hydrogen-bond donors (Lipinski definition) is 2. The predicted octanol–water partition coefficient (Wildman–Crippen LogP) is 2.40. The van der Waals surface area contributed by atoms with Crippen molar-refractivity contribution in [3.8, 4) is 5.75 Å². The Kier molecular flexibility index (Phi) is 8.95. The van der Waals surface area contributed by atoms with E-state index in [1.165, 1.54) is 31.6 Å². The zero-order valence-corrected chi connectivity index (χ0v) is 19.1. The smallest absolute Gasteiger partial charge is 0.191 e. The zero-order chi connectivity index (χ0) is 18.4. The van der Waals surface area contributed by atoms with Crippen LogP contribution in [0.4, 0.5) is 5.69 Å². The minimum Gasteiger partial charge on any atom is -0.495 e. The summed E-state index contributed by atoms with van der Waals surface area (Å²) < 4.78 is 5.51. The first-order valence-electron chi connectivity index (χ1n) is 9.73. The zero-order valence-electron chi connectivity index (χ0n) is 16.8. The Balaban J connectivity index is 0.00000261. The van der Waals surface area contributed by atoms with E-state index < -0.39 is 0 Å². The van der Waals surface area contributed by atoms with Crippen LogP contribution in [0.5, 0.6) is 5.75 Å². The number of ether oxygens (including phenoxy) is 1. The number of anilines is 1. The average Bonchev–Trinajstić information content (AvgIpc) is 3.14. The van der Waals surface area contributed by atoms with Crippen molar-refractivity contribution in [2.75, 3.05) is 58.8 Å². The largest absolute Gasteiger partial charge is 0.495 e. The second-order valence-electron chi connectivity index (χ2n) is 7.45. The van der Waals surface area contributed by atoms with Gasteiger partial charge in [0, 0.05) is 32.7 Å². The van der Waals surface area contributed by atoms with Crippen LogP contribution >= 0.6 is 24.0 Å². The summed E-state index contributed by atoms with van der Waals surface area (Å²) in [5, 5.41) is 7.13. The molecule has 0 aliphatic carbocycles. The standard InChI is InChI=1S/C20H33N5O.HI/c1-21-20(22-14-16-8-11-24(2)12-9-16)23-17-10-13-25(15-17)18-6-4-5-7-19(18)26-3;/h4-7,16-17H,8-15H2,1-3H3,(H2,21,22,23);1H. The van der Waals surface area contributed by atoms with Gasteiger partial charge in [-0.1, -0.05) is 12.1 Å². The number of guanidine groups is 1. The summed E-state index contributed by atoms with van der Waals surface area (Å²) in [5.74, 6) is 2.62. The van der Waals surface area contributed by atoms with Crippen molar-refractivity contribution in [1.82, 2.24) is 15.5 Å². The highest BCUT2D eigenvalue weighted by Gasteiger charge is 2.25. The first-order valence-corrected chi connectivity index (χ1v) is 9.73. The second-order valence-corrected chi connectivity index (χ2v) is 7.45. The Morgan fingerprint density at radius 1 is 1.19 bits per heavy atom. The number of aliphatic imine (C=N–C) groups is 1. The first kappa shape index (κ1) is 22.1. The molecule has 1 aromatic carbocycles. The number of methoxy groups -OCH3 is 1. The molecule has 2 aliphatic rings. The molecule has 0 saturated carbocycles. The van der Waals surface area contributed by atoms with Gasteiger partial charge in [-0.2, -0.15) is 0 Å². The van der Waals surface area contributed by atoms with Crippen LogP contribution in [0.1, 0.15) is 19.3 Å². The average molecular weight is 487 g/mol. The van der Waals surface area contributed by atoms with E-state index in [9.17, 15) is 0 Å². The monoisotopic (exact) mass is 487 g/mol. The fourth-order valence-corrected chi connectivity index (χ4v) is 3.88. The molecule has 7 heteroatoms. The third-order valence-electron chi connectivity index (χ3n) is 5.57. The minimum atomic E-state index is 0. The molecule has 3 rings (SSSR count). The summed E-state index contributed by atoms with van der Waals surface area (Å²) in [6.07, 6.45) is 3.64. The van der Waals surface area contributed by atoms with Crippen LogP contribution in [0, 0.1) is 5.92 Å². The topological polar surface area (TPSA) is 52.1 Å². The van der Waals surface area contributed by atoms with E-state index in [2.05, 4.69) is 44.6 Å². The molecule has 2 fully saturated rings. The van der Waals surface area contributed by atoms with Crippen LogP contribution in [0.3, 0.4) is 0 Å². The van der Waals surface area contributed by atoms with Crippen LogP contribution in [-0.2, 0) is 0 Å². The molecule has 0 bridgehead atoms. The van der Waals surface area contributed by atoms with Crippen LogP contribution in [0.25, 0.3) is 0 Å². The highest BCUT2D eigenvalue weighted by Crippen LogP contribution is 2.30. The molecular weight excluding hydrogens is 453 g/mol. The number of likely N-dealkylation sites (tertiary alicyclic amines) is 1. The van der Waals surface area contributed by atoms with Gasteiger partial charge in [-0.3, -0.25) is 4.99 Å². The fraction of sp³-hybridized carbons (Fsp3) is 0.650. The van der Waals surface area contributed by atoms with Gasteiger partial charge in [-0.05, 0) is 57.5 Å². The van der Waals surface area contributed by atoms with Crippen LogP contribution < -0.4 is 20.3 Å². The molecule has 0 aromatic heterocycles. The molecule has 0 amide bonds. The molecule has 2 N–H and O–H groups in total. The number of nitrogens with one attached hydrogen (secondary N) is 2. The number of para-hydroxylation sites is 2. The second kappa shape index (κ2) is 10.9. The SMILES string of the molecule is CN=C(NCC1CCN(C)CC1)NC1CCN(c2ccccc2OC)C1.I. The van der Waals surface area contributed by atoms with Crippen molar-refractivity contribution in [3.63, 3.8) is 0 Å². The van der Waals surface area contributed by atoms with Gasteiger partial charge < -0.3 is 25.2 Å². The molecule has 152 valence electrons. The van der Waals surface area contributed by atoms with Crippen molar-refractivity contribution in [2.45, 2.75) is 25.3 Å². The van der Waals surface area contributed by atoms with E-state index in [4.69, 9.17) is 4.74 Å². The number of rotatable bonds is 5. The quantitative estimate of drug-likeness (QED) is 0.380. The van der Waals surface area contributed by atoms with Crippen LogP contribution in [0.15, 0.2) is 29.3 Å². The number of piperidine rings is 1. The lowest BCUT2D eigenvalue weighted by atomic mass is 9.97. The number of benzene rings is 1. The van der Waals surface area contributed by atoms with Gasteiger partial charge in [0.15, 0.2) is 5.96 Å². The maximum absolute atomic E-state index is 5.51. The fourth-order valence-electron chi connectivity index (χ4n) is 3.88. The lowest BCUT2D eigenvalue weighted by molar-refractivity contribution is 0.220. The number of halogens is 1. The summed E-state index contributed by atoms with van der Waals surface area (Å²) in [4.78, 5) is 9.22. The molecule has 1 aromatic rings. The van der Waals surface area contributed by atoms with Crippen molar-refractivity contribution >= 4 is 35.6 Å². The Morgan fingerprint density at radius 3 is 2.63 bits per heavy atom. The van der Waals surface area contributed by atoms with Gasteiger partial charge in [0.2, 0.25) is 0 Å². The van der Waals surface area contributed by atoms with E-state index in [0.29, 0.717) is 6.04 Å². The summed E-state index contributed by atoms with van der Waals surface area (Å²) in [7, 11) is 5.80. The van der Waals surface area contributed by atoms with Gasteiger partial charge in [0.1, 0.15) is 5.75 Å². The van der Waals surface area contributed by atoms with Crippen LogP contribution in [0.2, 0.25) is 0 Å². The minimum absolute atomic E-state index is 0. The van der Waals surface area contributed by atoms with Crippen molar-refractivity contribution < 1.29 is 4.74 Å². The number of hydrogen-bond acceptors (Lipinski definition) is 4. The Morgan fingerprint density at radius 2 is 1.93 bits per heavy atom.